The summed E-state index contributed by atoms with van der Waals surface area (Å²) in [4.78, 5) is 13.6. The minimum absolute atomic E-state index is 0.112. The van der Waals surface area contributed by atoms with Gasteiger partial charge in [0.25, 0.3) is 10.0 Å². The number of nitrogens with zero attached hydrogens (tertiary/aromatic N) is 2. The molecule has 2 heterocycles. The highest BCUT2D eigenvalue weighted by Crippen LogP contribution is 2.35. The summed E-state index contributed by atoms with van der Waals surface area (Å²) in [6.07, 6.45) is 6.01. The number of hydrogen-bond acceptors (Lipinski definition) is 5. The number of rotatable bonds is 7. The van der Waals surface area contributed by atoms with Gasteiger partial charge >= 0.3 is 0 Å². The van der Waals surface area contributed by atoms with E-state index in [0.29, 0.717) is 11.4 Å². The van der Waals surface area contributed by atoms with Gasteiger partial charge in [0, 0.05) is 31.1 Å². The highest BCUT2D eigenvalue weighted by atomic mass is 32.2. The number of H-pyrrole nitrogens is 1. The normalized spacial score (nSPS) is 14.0. The lowest BCUT2D eigenvalue weighted by Crippen LogP contribution is -2.21. The molecule has 3 N–H and O–H groups in total. The van der Waals surface area contributed by atoms with Crippen LogP contribution in [0.25, 0.3) is 23.1 Å². The first kappa shape index (κ1) is 23.6. The van der Waals surface area contributed by atoms with Crippen molar-refractivity contribution in [2.24, 2.45) is 0 Å². The maximum atomic E-state index is 13.3. The largest absolute Gasteiger partial charge is 0.370 e. The standard InChI is InChI=1S/C27H27N5O3S/c1-19(33)28-21-10-12-22(13-11-21)36(34,35)31-26-17-23-24(14-9-20-7-3-2-4-8-20)29-30-25(23)18-27(26)32-15-5-6-16-32/h2-4,7-14,17-18,31H,5-6,15-16H2,1H3,(H,28,33)(H,29,30)/b14-9+. The van der Waals surface area contributed by atoms with Crippen LogP contribution in [0.4, 0.5) is 17.1 Å². The van der Waals surface area contributed by atoms with E-state index in [1.54, 1.807) is 12.1 Å². The lowest BCUT2D eigenvalue weighted by molar-refractivity contribution is -0.114. The van der Waals surface area contributed by atoms with Gasteiger partial charge in [-0.05, 0) is 60.9 Å². The van der Waals surface area contributed by atoms with Crippen molar-refractivity contribution >= 4 is 56.0 Å². The van der Waals surface area contributed by atoms with Gasteiger partial charge in [-0.3, -0.25) is 14.6 Å². The highest BCUT2D eigenvalue weighted by molar-refractivity contribution is 7.92. The number of anilines is 3. The van der Waals surface area contributed by atoms with Crippen molar-refractivity contribution in [1.29, 1.82) is 0 Å². The Morgan fingerprint density at radius 1 is 1.00 bits per heavy atom. The molecule has 0 bridgehead atoms. The molecule has 1 aliphatic heterocycles. The van der Waals surface area contributed by atoms with Crippen LogP contribution in [-0.4, -0.2) is 37.6 Å². The third-order valence-electron chi connectivity index (χ3n) is 6.12. The highest BCUT2D eigenvalue weighted by Gasteiger charge is 2.22. The molecule has 0 unspecified atom stereocenters. The van der Waals surface area contributed by atoms with Crippen LogP contribution in [0.3, 0.4) is 0 Å². The summed E-state index contributed by atoms with van der Waals surface area (Å²) in [6, 6.07) is 19.8. The van der Waals surface area contributed by atoms with E-state index in [9.17, 15) is 13.2 Å². The topological polar surface area (TPSA) is 107 Å². The van der Waals surface area contributed by atoms with Crippen molar-refractivity contribution in [3.63, 3.8) is 0 Å². The van der Waals surface area contributed by atoms with Crippen LogP contribution in [0.2, 0.25) is 0 Å². The molecule has 0 aliphatic carbocycles. The van der Waals surface area contributed by atoms with Crippen molar-refractivity contribution in [3.8, 4) is 0 Å². The molecule has 3 aromatic carbocycles. The first-order chi connectivity index (χ1) is 17.4. The quantitative estimate of drug-likeness (QED) is 0.327. The molecule has 8 nitrogen and oxygen atoms in total. The van der Waals surface area contributed by atoms with E-state index in [2.05, 4.69) is 25.1 Å². The number of carbonyl (C=O) groups excluding carboxylic acids is 1. The smallest absolute Gasteiger partial charge is 0.261 e. The number of nitrogens with one attached hydrogen (secondary N) is 3. The molecule has 0 atom stereocenters. The lowest BCUT2D eigenvalue weighted by atomic mass is 10.1. The van der Waals surface area contributed by atoms with Gasteiger partial charge in [0.05, 0.1) is 27.5 Å². The third kappa shape index (κ3) is 5.11. The van der Waals surface area contributed by atoms with Gasteiger partial charge in [0.2, 0.25) is 5.91 Å². The second-order valence-corrected chi connectivity index (χ2v) is 10.5. The Labute approximate surface area is 210 Å². The fourth-order valence-corrected chi connectivity index (χ4v) is 5.43. The fraction of sp³-hybridized carbons (Fsp3) is 0.185. The SMILES string of the molecule is CC(=O)Nc1ccc(S(=O)(=O)Nc2cc3c(/C=C/c4ccccc4)n[nH]c3cc2N2CCCC2)cc1. The Kier molecular flexibility index (Phi) is 6.47. The van der Waals surface area contributed by atoms with Crippen LogP contribution in [-0.2, 0) is 14.8 Å². The van der Waals surface area contributed by atoms with Gasteiger partial charge in [0.1, 0.15) is 0 Å². The second kappa shape index (κ2) is 9.87. The van der Waals surface area contributed by atoms with Crippen molar-refractivity contribution in [2.45, 2.75) is 24.7 Å². The summed E-state index contributed by atoms with van der Waals surface area (Å²) >= 11 is 0. The lowest BCUT2D eigenvalue weighted by Gasteiger charge is -2.22. The number of hydrogen-bond donors (Lipinski definition) is 3. The number of sulfonamides is 1. The third-order valence-corrected chi connectivity index (χ3v) is 7.50. The number of amides is 1. The molecule has 0 radical (unpaired) electrons. The Morgan fingerprint density at radius 2 is 1.72 bits per heavy atom. The maximum Gasteiger partial charge on any atom is 0.261 e. The van der Waals surface area contributed by atoms with Crippen molar-refractivity contribution in [2.75, 3.05) is 28.0 Å². The average molecular weight is 502 g/mol. The van der Waals surface area contributed by atoms with Crippen molar-refractivity contribution < 1.29 is 13.2 Å². The molecule has 1 saturated heterocycles. The minimum atomic E-state index is -3.87. The van der Waals surface area contributed by atoms with E-state index < -0.39 is 10.0 Å². The van der Waals surface area contributed by atoms with Gasteiger partial charge in [0.15, 0.2) is 0 Å². The van der Waals surface area contributed by atoms with Gasteiger partial charge in [-0.2, -0.15) is 5.10 Å². The zero-order chi connectivity index (χ0) is 25.1. The zero-order valence-corrected chi connectivity index (χ0v) is 20.7. The molecule has 5 rings (SSSR count). The summed E-state index contributed by atoms with van der Waals surface area (Å²) in [5.74, 6) is -0.218. The van der Waals surface area contributed by atoms with E-state index in [0.717, 1.165) is 53.8 Å². The fourth-order valence-electron chi connectivity index (χ4n) is 4.37. The zero-order valence-electron chi connectivity index (χ0n) is 19.9. The number of fused-ring (bicyclic) bond motifs is 1. The number of carbonyl (C=O) groups is 1. The van der Waals surface area contributed by atoms with Crippen LogP contribution >= 0.6 is 0 Å². The molecule has 1 amide bonds. The minimum Gasteiger partial charge on any atom is -0.370 e. The summed E-state index contributed by atoms with van der Waals surface area (Å²) in [7, 11) is -3.87. The summed E-state index contributed by atoms with van der Waals surface area (Å²) < 4.78 is 29.4. The molecule has 1 fully saturated rings. The Balaban J connectivity index is 1.51. The number of aromatic nitrogens is 2. The second-order valence-electron chi connectivity index (χ2n) is 8.77. The molecular formula is C27H27N5O3S. The van der Waals surface area contributed by atoms with Crippen LogP contribution in [0.1, 0.15) is 31.0 Å². The molecule has 0 saturated carbocycles. The molecule has 0 spiro atoms. The predicted molar refractivity (Wildman–Crippen MR) is 144 cm³/mol. The molecule has 184 valence electrons. The van der Waals surface area contributed by atoms with Gasteiger partial charge in [-0.25, -0.2) is 8.42 Å². The van der Waals surface area contributed by atoms with E-state index in [4.69, 9.17) is 0 Å². The Morgan fingerprint density at radius 3 is 2.42 bits per heavy atom. The molecular weight excluding hydrogens is 474 g/mol. The average Bonchev–Trinajstić information content (AvgIpc) is 3.53. The number of aromatic amines is 1. The summed E-state index contributed by atoms with van der Waals surface area (Å²) in [5.41, 5.74) is 4.47. The summed E-state index contributed by atoms with van der Waals surface area (Å²) in [5, 5.41) is 11.0. The van der Waals surface area contributed by atoms with E-state index >= 15 is 0 Å². The molecule has 1 aromatic heterocycles. The molecule has 4 aromatic rings. The van der Waals surface area contributed by atoms with Gasteiger partial charge < -0.3 is 10.2 Å². The van der Waals surface area contributed by atoms with Crippen LogP contribution < -0.4 is 14.9 Å². The van der Waals surface area contributed by atoms with Crippen LogP contribution in [0.5, 0.6) is 0 Å². The van der Waals surface area contributed by atoms with Crippen LogP contribution in [0.15, 0.2) is 71.6 Å². The first-order valence-corrected chi connectivity index (χ1v) is 13.3. The van der Waals surface area contributed by atoms with E-state index in [1.807, 2.05) is 54.6 Å². The first-order valence-electron chi connectivity index (χ1n) is 11.8. The Hall–Kier alpha value is -4.11. The van der Waals surface area contributed by atoms with Gasteiger partial charge in [-0.15, -0.1) is 0 Å². The van der Waals surface area contributed by atoms with E-state index in [-0.39, 0.29) is 10.8 Å². The molecule has 36 heavy (non-hydrogen) atoms. The predicted octanol–water partition coefficient (Wildman–Crippen LogP) is 5.09. The summed E-state index contributed by atoms with van der Waals surface area (Å²) in [6.45, 7) is 3.13. The van der Waals surface area contributed by atoms with Crippen LogP contribution in [0, 0.1) is 0 Å². The monoisotopic (exact) mass is 501 g/mol. The molecule has 9 heteroatoms. The molecule has 1 aliphatic rings. The Bertz CT molecular complexity index is 1520. The van der Waals surface area contributed by atoms with Crippen molar-refractivity contribution in [1.82, 2.24) is 10.2 Å². The van der Waals surface area contributed by atoms with Crippen molar-refractivity contribution in [3.05, 3.63) is 78.0 Å². The maximum absolute atomic E-state index is 13.3. The number of benzene rings is 3. The van der Waals surface area contributed by atoms with E-state index in [1.165, 1.54) is 19.1 Å². The van der Waals surface area contributed by atoms with Gasteiger partial charge in [-0.1, -0.05) is 36.4 Å².